The second-order valence-electron chi connectivity index (χ2n) is 7.59. The zero-order chi connectivity index (χ0) is 25.8. The van der Waals surface area contributed by atoms with E-state index in [1.54, 1.807) is 19.3 Å². The number of thiocarbonyl (C=S) groups is 1. The molecule has 186 valence electrons. The van der Waals surface area contributed by atoms with Gasteiger partial charge < -0.3 is 19.5 Å². The van der Waals surface area contributed by atoms with Crippen molar-refractivity contribution < 1.29 is 19.0 Å². The number of benzene rings is 3. The lowest BCUT2D eigenvalue weighted by molar-refractivity contribution is -0.113. The summed E-state index contributed by atoms with van der Waals surface area (Å²) in [5, 5.41) is 3.32. The van der Waals surface area contributed by atoms with Crippen molar-refractivity contribution in [2.45, 2.75) is 13.5 Å². The van der Waals surface area contributed by atoms with Crippen LogP contribution in [0.2, 0.25) is 0 Å². The third-order valence-electron chi connectivity index (χ3n) is 5.23. The average molecular weight is 697 g/mol. The fourth-order valence-electron chi connectivity index (χ4n) is 3.66. The van der Waals surface area contributed by atoms with Crippen molar-refractivity contribution in [3.63, 3.8) is 0 Å². The lowest BCUT2D eigenvalue weighted by Crippen LogP contribution is -2.30. The zero-order valence-corrected chi connectivity index (χ0v) is 24.9. The van der Waals surface area contributed by atoms with E-state index < -0.39 is 0 Å². The van der Waals surface area contributed by atoms with Crippen molar-refractivity contribution in [1.29, 1.82) is 0 Å². The zero-order valence-electron chi connectivity index (χ0n) is 19.3. The van der Waals surface area contributed by atoms with Gasteiger partial charge in [0, 0.05) is 10.0 Å². The van der Waals surface area contributed by atoms with E-state index in [-0.39, 0.29) is 12.5 Å². The molecule has 1 aliphatic rings. The maximum absolute atomic E-state index is 13.3. The maximum atomic E-state index is 13.3. The molecule has 0 aromatic heterocycles. The molecule has 0 aliphatic carbocycles. The maximum Gasteiger partial charge on any atom is 0.281 e. The summed E-state index contributed by atoms with van der Waals surface area (Å²) in [6.07, 6.45) is 1.76. The summed E-state index contributed by atoms with van der Waals surface area (Å²) in [4.78, 5) is 14.7. The number of carbonyl (C=O) groups is 1. The first-order valence-corrected chi connectivity index (χ1v) is 13.6. The number of para-hydroxylation sites is 2. The van der Waals surface area contributed by atoms with Crippen molar-refractivity contribution >= 4 is 82.8 Å². The van der Waals surface area contributed by atoms with Crippen LogP contribution in [-0.4, -0.2) is 24.7 Å². The van der Waals surface area contributed by atoms with Crippen LogP contribution in [0.3, 0.4) is 0 Å². The molecular weight excluding hydrogens is 676 g/mol. The van der Waals surface area contributed by atoms with Crippen LogP contribution in [0, 0.1) is 0 Å². The molecule has 10 heteroatoms. The molecule has 0 unspecified atom stereocenters. The first-order chi connectivity index (χ1) is 17.3. The molecule has 1 aliphatic heterocycles. The van der Waals surface area contributed by atoms with Crippen molar-refractivity contribution in [2.75, 3.05) is 18.6 Å². The summed E-state index contributed by atoms with van der Waals surface area (Å²) >= 11 is 16.0. The summed E-state index contributed by atoms with van der Waals surface area (Å²) in [5.41, 5.74) is 2.57. The van der Waals surface area contributed by atoms with Crippen LogP contribution < -0.4 is 24.4 Å². The van der Waals surface area contributed by atoms with Crippen molar-refractivity contribution in [3.05, 3.63) is 84.8 Å². The van der Waals surface area contributed by atoms with Crippen LogP contribution in [0.1, 0.15) is 18.1 Å². The standard InChI is InChI=1S/C26H21Br3N2O4S/c1-3-34-23-7-5-4-6-21(23)31-25(32)20(30-26(31)36)11-15-8-9-22(33-2)16(10-15)14-35-24-18(28)12-17(27)13-19(24)29/h4-13H,3,14H2,1-2H3,(H,30,36)/b20-11+. The fourth-order valence-corrected chi connectivity index (χ4v) is 6.44. The highest BCUT2D eigenvalue weighted by molar-refractivity contribution is 9.11. The smallest absolute Gasteiger partial charge is 0.281 e. The van der Waals surface area contributed by atoms with E-state index >= 15 is 0 Å². The predicted octanol–water partition coefficient (Wildman–Crippen LogP) is 7.22. The van der Waals surface area contributed by atoms with Gasteiger partial charge in [-0.2, -0.15) is 0 Å². The minimum atomic E-state index is -0.261. The lowest BCUT2D eigenvalue weighted by atomic mass is 10.1. The highest BCUT2D eigenvalue weighted by atomic mass is 79.9. The van der Waals surface area contributed by atoms with E-state index in [4.69, 9.17) is 26.4 Å². The Morgan fingerprint density at radius 2 is 1.72 bits per heavy atom. The van der Waals surface area contributed by atoms with E-state index in [1.165, 1.54) is 4.90 Å². The number of nitrogens with one attached hydrogen (secondary N) is 1. The first kappa shape index (κ1) is 26.7. The summed E-state index contributed by atoms with van der Waals surface area (Å²) < 4.78 is 19.8. The molecule has 1 heterocycles. The molecule has 36 heavy (non-hydrogen) atoms. The Bertz CT molecular complexity index is 1340. The molecule has 3 aromatic rings. The van der Waals surface area contributed by atoms with E-state index in [1.807, 2.05) is 55.5 Å². The number of hydrogen-bond acceptors (Lipinski definition) is 5. The lowest BCUT2D eigenvalue weighted by Gasteiger charge is -2.18. The van der Waals surface area contributed by atoms with Crippen LogP contribution in [0.5, 0.6) is 17.2 Å². The summed E-state index contributed by atoms with van der Waals surface area (Å²) in [6.45, 7) is 2.63. The van der Waals surface area contributed by atoms with Gasteiger partial charge in [0.2, 0.25) is 0 Å². The number of ether oxygens (including phenoxy) is 3. The molecule has 0 saturated carbocycles. The number of amides is 1. The molecule has 4 rings (SSSR count). The highest BCUT2D eigenvalue weighted by Crippen LogP contribution is 2.37. The Hall–Kier alpha value is -2.40. The normalized spacial score (nSPS) is 14.2. The molecule has 1 fully saturated rings. The Labute approximate surface area is 240 Å². The molecule has 1 amide bonds. The van der Waals surface area contributed by atoms with Gasteiger partial charge in [0.1, 0.15) is 29.6 Å². The van der Waals surface area contributed by atoms with Crippen molar-refractivity contribution in [1.82, 2.24) is 5.32 Å². The topological polar surface area (TPSA) is 60.0 Å². The van der Waals surface area contributed by atoms with Gasteiger partial charge in [-0.1, -0.05) is 34.1 Å². The minimum absolute atomic E-state index is 0.257. The second-order valence-corrected chi connectivity index (χ2v) is 10.6. The van der Waals surface area contributed by atoms with Crippen molar-refractivity contribution in [3.8, 4) is 17.2 Å². The van der Waals surface area contributed by atoms with Crippen LogP contribution in [0.4, 0.5) is 5.69 Å². The Kier molecular flexibility index (Phi) is 8.71. The Balaban J connectivity index is 1.60. The van der Waals surface area contributed by atoms with E-state index in [0.29, 0.717) is 40.4 Å². The second kappa shape index (κ2) is 11.8. The molecule has 1 N–H and O–H groups in total. The fraction of sp³-hybridized carbons (Fsp3) is 0.154. The molecule has 6 nitrogen and oxygen atoms in total. The van der Waals surface area contributed by atoms with E-state index in [2.05, 4.69) is 53.1 Å². The summed E-state index contributed by atoms with van der Waals surface area (Å²) in [6, 6.07) is 16.8. The van der Waals surface area contributed by atoms with Gasteiger partial charge in [-0.3, -0.25) is 4.79 Å². The Morgan fingerprint density at radius 3 is 2.42 bits per heavy atom. The average Bonchev–Trinajstić information content (AvgIpc) is 3.11. The van der Waals surface area contributed by atoms with Crippen LogP contribution in [-0.2, 0) is 11.4 Å². The van der Waals surface area contributed by atoms with Gasteiger partial charge in [-0.15, -0.1) is 0 Å². The monoisotopic (exact) mass is 694 g/mol. The van der Waals surface area contributed by atoms with Gasteiger partial charge in [0.05, 0.1) is 28.3 Å². The number of rotatable bonds is 8. The number of methoxy groups -OCH3 is 1. The van der Waals surface area contributed by atoms with Crippen LogP contribution >= 0.6 is 60.0 Å². The quantitative estimate of drug-likeness (QED) is 0.198. The van der Waals surface area contributed by atoms with Crippen LogP contribution in [0.15, 0.2) is 73.7 Å². The molecule has 3 aromatic carbocycles. The molecular formula is C26H21Br3N2O4S. The highest BCUT2D eigenvalue weighted by Gasteiger charge is 2.33. The van der Waals surface area contributed by atoms with Gasteiger partial charge in [0.25, 0.3) is 5.91 Å². The van der Waals surface area contributed by atoms with Crippen molar-refractivity contribution in [2.24, 2.45) is 0 Å². The Morgan fingerprint density at radius 1 is 1.00 bits per heavy atom. The van der Waals surface area contributed by atoms with Crippen LogP contribution in [0.25, 0.3) is 6.08 Å². The molecule has 0 spiro atoms. The molecule has 1 saturated heterocycles. The van der Waals surface area contributed by atoms with Gasteiger partial charge >= 0.3 is 0 Å². The molecule has 0 bridgehead atoms. The van der Waals surface area contributed by atoms with Gasteiger partial charge in [-0.05, 0) is 99.0 Å². The van der Waals surface area contributed by atoms with E-state index in [9.17, 15) is 4.79 Å². The van der Waals surface area contributed by atoms with Gasteiger partial charge in [0.15, 0.2) is 5.11 Å². The predicted molar refractivity (Wildman–Crippen MR) is 156 cm³/mol. The largest absolute Gasteiger partial charge is 0.496 e. The number of halogens is 3. The number of nitrogens with zero attached hydrogens (tertiary/aromatic N) is 1. The third kappa shape index (κ3) is 5.77. The van der Waals surface area contributed by atoms with Gasteiger partial charge in [-0.25, -0.2) is 4.90 Å². The first-order valence-electron chi connectivity index (χ1n) is 10.9. The third-order valence-corrected chi connectivity index (χ3v) is 7.16. The minimum Gasteiger partial charge on any atom is -0.496 e. The number of anilines is 1. The molecule has 0 atom stereocenters. The number of carbonyl (C=O) groups excluding carboxylic acids is 1. The summed E-state index contributed by atoms with van der Waals surface area (Å²) in [5.74, 6) is 1.68. The number of hydrogen-bond donors (Lipinski definition) is 1. The molecule has 0 radical (unpaired) electrons. The summed E-state index contributed by atoms with van der Waals surface area (Å²) in [7, 11) is 1.61. The SMILES string of the molecule is CCOc1ccccc1N1C(=O)/C(=C\c2ccc(OC)c(COc3c(Br)cc(Br)cc3Br)c2)NC1=S. The van der Waals surface area contributed by atoms with E-state index in [0.717, 1.165) is 24.5 Å².